The Morgan fingerprint density at radius 1 is 1.31 bits per heavy atom. The van der Waals surface area contributed by atoms with Crippen LogP contribution < -0.4 is 5.32 Å². The topological polar surface area (TPSA) is 21.3 Å². The summed E-state index contributed by atoms with van der Waals surface area (Å²) in [6, 6.07) is 0.720. The van der Waals surface area contributed by atoms with Crippen LogP contribution in [0.5, 0.6) is 0 Å². The summed E-state index contributed by atoms with van der Waals surface area (Å²) < 4.78 is 5.46. The molecule has 0 spiro atoms. The lowest BCUT2D eigenvalue weighted by atomic mass is 9.75. The van der Waals surface area contributed by atoms with Crippen molar-refractivity contribution in [2.45, 2.75) is 57.6 Å². The van der Waals surface area contributed by atoms with E-state index in [0.717, 1.165) is 18.5 Å². The van der Waals surface area contributed by atoms with Gasteiger partial charge in [0.1, 0.15) is 0 Å². The lowest BCUT2D eigenvalue weighted by Gasteiger charge is -2.36. The van der Waals surface area contributed by atoms with Crippen molar-refractivity contribution in [3.63, 3.8) is 0 Å². The molecule has 1 fully saturated rings. The van der Waals surface area contributed by atoms with Crippen molar-refractivity contribution in [1.29, 1.82) is 0 Å². The van der Waals surface area contributed by atoms with E-state index in [1.54, 1.807) is 5.57 Å². The third-order valence-corrected chi connectivity index (χ3v) is 4.06. The lowest BCUT2D eigenvalue weighted by molar-refractivity contribution is 0.115. The van der Waals surface area contributed by atoms with Crippen LogP contribution in [0.15, 0.2) is 11.6 Å². The number of fused-ring (bicyclic) bond motifs is 1. The van der Waals surface area contributed by atoms with Crippen LogP contribution in [-0.4, -0.2) is 25.8 Å². The van der Waals surface area contributed by atoms with Gasteiger partial charge in [0.2, 0.25) is 0 Å². The Hall–Kier alpha value is -0.340. The maximum absolute atomic E-state index is 5.46. The van der Waals surface area contributed by atoms with E-state index >= 15 is 0 Å². The number of ether oxygens (including phenoxy) is 1. The first-order chi connectivity index (χ1) is 7.83. The molecule has 0 aromatic rings. The molecule has 0 saturated heterocycles. The Kier molecular flexibility index (Phi) is 4.42. The highest BCUT2D eigenvalue weighted by Gasteiger charge is 2.28. The molecule has 1 N–H and O–H groups in total. The molecule has 92 valence electrons. The second-order valence-electron chi connectivity index (χ2n) is 5.22. The number of hydrogen-bond acceptors (Lipinski definition) is 2. The second-order valence-corrected chi connectivity index (χ2v) is 5.22. The number of rotatable bonds is 4. The van der Waals surface area contributed by atoms with E-state index in [1.165, 1.54) is 38.5 Å². The molecule has 2 rings (SSSR count). The van der Waals surface area contributed by atoms with Crippen LogP contribution in [0.3, 0.4) is 0 Å². The predicted molar refractivity (Wildman–Crippen MR) is 67.5 cm³/mol. The van der Waals surface area contributed by atoms with Crippen LogP contribution in [0.2, 0.25) is 0 Å². The first-order valence-corrected chi connectivity index (χ1v) is 6.80. The standard InChI is InChI=1S/C14H25NO/c1-3-8-15-13-6-4-11-5-7-14(16-2)10-12(11)9-13/h10-11,13-15H,3-9H2,1-2H3. The molecule has 0 aromatic carbocycles. The van der Waals surface area contributed by atoms with Crippen LogP contribution in [0.4, 0.5) is 0 Å². The zero-order valence-electron chi connectivity index (χ0n) is 10.7. The summed E-state index contributed by atoms with van der Waals surface area (Å²) in [4.78, 5) is 0. The minimum absolute atomic E-state index is 0.385. The summed E-state index contributed by atoms with van der Waals surface area (Å²) in [6.07, 6.45) is 10.6. The monoisotopic (exact) mass is 223 g/mol. The van der Waals surface area contributed by atoms with E-state index in [-0.39, 0.29) is 0 Å². The summed E-state index contributed by atoms with van der Waals surface area (Å²) in [5.41, 5.74) is 1.66. The molecule has 3 atom stereocenters. The molecule has 2 nitrogen and oxygen atoms in total. The molecule has 1 saturated carbocycles. The van der Waals surface area contributed by atoms with E-state index in [0.29, 0.717) is 6.10 Å². The van der Waals surface area contributed by atoms with Crippen molar-refractivity contribution in [2.24, 2.45) is 5.92 Å². The minimum atomic E-state index is 0.385. The highest BCUT2D eigenvalue weighted by molar-refractivity contribution is 5.17. The fraction of sp³-hybridized carbons (Fsp3) is 0.857. The van der Waals surface area contributed by atoms with Crippen LogP contribution in [0, 0.1) is 5.92 Å². The van der Waals surface area contributed by atoms with Gasteiger partial charge in [-0.3, -0.25) is 0 Å². The summed E-state index contributed by atoms with van der Waals surface area (Å²) in [6.45, 7) is 3.40. The smallest absolute Gasteiger partial charge is 0.0754 e. The molecule has 0 bridgehead atoms. The van der Waals surface area contributed by atoms with Gasteiger partial charge in [0.05, 0.1) is 6.10 Å². The van der Waals surface area contributed by atoms with Crippen LogP contribution in [0.1, 0.15) is 45.4 Å². The van der Waals surface area contributed by atoms with Crippen LogP contribution >= 0.6 is 0 Å². The van der Waals surface area contributed by atoms with E-state index in [4.69, 9.17) is 4.74 Å². The maximum atomic E-state index is 5.46. The highest BCUT2D eigenvalue weighted by atomic mass is 16.5. The number of methoxy groups -OCH3 is 1. The van der Waals surface area contributed by atoms with E-state index in [2.05, 4.69) is 18.3 Å². The average molecular weight is 223 g/mol. The Morgan fingerprint density at radius 2 is 2.12 bits per heavy atom. The van der Waals surface area contributed by atoms with Crippen molar-refractivity contribution in [3.8, 4) is 0 Å². The molecule has 2 aliphatic carbocycles. The van der Waals surface area contributed by atoms with Gasteiger partial charge < -0.3 is 10.1 Å². The summed E-state index contributed by atoms with van der Waals surface area (Å²) >= 11 is 0. The van der Waals surface area contributed by atoms with Crippen molar-refractivity contribution >= 4 is 0 Å². The SMILES string of the molecule is CCCNC1CCC2CCC(OC)C=C2C1. The molecule has 2 heteroatoms. The molecule has 16 heavy (non-hydrogen) atoms. The van der Waals surface area contributed by atoms with Gasteiger partial charge in [-0.1, -0.05) is 18.6 Å². The van der Waals surface area contributed by atoms with Gasteiger partial charge in [0, 0.05) is 13.2 Å². The normalized spacial score (nSPS) is 34.4. The fourth-order valence-electron chi connectivity index (χ4n) is 3.07. The molecule has 0 radical (unpaired) electrons. The summed E-state index contributed by atoms with van der Waals surface area (Å²) in [5, 5.41) is 3.66. The van der Waals surface area contributed by atoms with Crippen molar-refractivity contribution < 1.29 is 4.74 Å². The quantitative estimate of drug-likeness (QED) is 0.740. The molecular weight excluding hydrogens is 198 g/mol. The van der Waals surface area contributed by atoms with E-state index < -0.39 is 0 Å². The van der Waals surface area contributed by atoms with Gasteiger partial charge in [-0.2, -0.15) is 0 Å². The maximum Gasteiger partial charge on any atom is 0.0754 e. The van der Waals surface area contributed by atoms with Gasteiger partial charge >= 0.3 is 0 Å². The van der Waals surface area contributed by atoms with Crippen molar-refractivity contribution in [3.05, 3.63) is 11.6 Å². The van der Waals surface area contributed by atoms with E-state index in [1.807, 2.05) is 7.11 Å². The summed E-state index contributed by atoms with van der Waals surface area (Å²) in [5.74, 6) is 0.867. The Balaban J connectivity index is 1.91. The largest absolute Gasteiger partial charge is 0.377 e. The molecule has 0 aliphatic heterocycles. The first kappa shape index (κ1) is 12.1. The minimum Gasteiger partial charge on any atom is -0.377 e. The van der Waals surface area contributed by atoms with Crippen molar-refractivity contribution in [2.75, 3.05) is 13.7 Å². The Labute approximate surface area is 99.4 Å². The van der Waals surface area contributed by atoms with Crippen molar-refractivity contribution in [1.82, 2.24) is 5.32 Å². The molecular formula is C14H25NO. The van der Waals surface area contributed by atoms with Gasteiger partial charge in [-0.15, -0.1) is 0 Å². The Morgan fingerprint density at radius 3 is 2.88 bits per heavy atom. The molecule has 0 heterocycles. The van der Waals surface area contributed by atoms with Crippen LogP contribution in [-0.2, 0) is 4.74 Å². The highest BCUT2D eigenvalue weighted by Crippen LogP contribution is 2.37. The average Bonchev–Trinajstić information content (AvgIpc) is 2.35. The lowest BCUT2D eigenvalue weighted by Crippen LogP contribution is -2.36. The molecule has 2 aliphatic rings. The van der Waals surface area contributed by atoms with E-state index in [9.17, 15) is 0 Å². The van der Waals surface area contributed by atoms with Crippen LogP contribution in [0.25, 0.3) is 0 Å². The molecule has 0 aromatic heterocycles. The fourth-order valence-corrected chi connectivity index (χ4v) is 3.07. The van der Waals surface area contributed by atoms with Gasteiger partial charge in [0.15, 0.2) is 0 Å². The predicted octanol–water partition coefficient (Wildman–Crippen LogP) is 2.89. The third kappa shape index (κ3) is 2.86. The second kappa shape index (κ2) is 5.83. The zero-order chi connectivity index (χ0) is 11.4. The molecule has 3 unspecified atom stereocenters. The first-order valence-electron chi connectivity index (χ1n) is 6.80. The zero-order valence-corrected chi connectivity index (χ0v) is 10.7. The van der Waals surface area contributed by atoms with Gasteiger partial charge in [-0.05, 0) is 51.0 Å². The van der Waals surface area contributed by atoms with Gasteiger partial charge in [0.25, 0.3) is 0 Å². The number of nitrogens with one attached hydrogen (secondary N) is 1. The third-order valence-electron chi connectivity index (χ3n) is 4.06. The Bertz CT molecular complexity index is 249. The summed E-state index contributed by atoms with van der Waals surface area (Å²) in [7, 11) is 1.83. The number of hydrogen-bond donors (Lipinski definition) is 1. The van der Waals surface area contributed by atoms with Gasteiger partial charge in [-0.25, -0.2) is 0 Å². The molecule has 0 amide bonds.